The van der Waals surface area contributed by atoms with E-state index >= 15 is 0 Å². The molecule has 1 aliphatic carbocycles. The molecular formula is C24H22BrNO4. The number of carbonyl (C=O) groups is 2. The number of nitrogens with zero attached hydrogens (tertiary/aromatic N) is 1. The fraction of sp³-hybridized carbons (Fsp3) is 0.333. The predicted octanol–water partition coefficient (Wildman–Crippen LogP) is 5.34. The first-order valence-electron chi connectivity index (χ1n) is 10.1. The number of halogens is 1. The molecule has 2 heterocycles. The van der Waals surface area contributed by atoms with Gasteiger partial charge in [-0.3, -0.25) is 14.5 Å². The Morgan fingerprint density at radius 2 is 1.83 bits per heavy atom. The number of ether oxygens (including phenoxy) is 2. The van der Waals surface area contributed by atoms with Crippen molar-refractivity contribution in [2.24, 2.45) is 5.41 Å². The number of hydrogen-bond donors (Lipinski definition) is 0. The summed E-state index contributed by atoms with van der Waals surface area (Å²) in [6, 6.07) is 13.4. The molecule has 1 amide bonds. The van der Waals surface area contributed by atoms with E-state index in [-0.39, 0.29) is 36.2 Å². The normalized spacial score (nSPS) is 22.4. The number of fused-ring (bicyclic) bond motifs is 1. The van der Waals surface area contributed by atoms with Gasteiger partial charge in [0, 0.05) is 40.2 Å². The van der Waals surface area contributed by atoms with Gasteiger partial charge in [0.2, 0.25) is 12.7 Å². The molecular weight excluding hydrogens is 446 g/mol. The molecule has 6 heteroatoms. The Bertz CT molecular complexity index is 1100. The van der Waals surface area contributed by atoms with E-state index in [1.54, 1.807) is 4.90 Å². The third-order valence-electron chi connectivity index (χ3n) is 6.01. The number of Topliss-reactive ketones (excluding diaryl/α,β-unsaturated/α-hetero) is 1. The van der Waals surface area contributed by atoms with Gasteiger partial charge in [0.05, 0.1) is 0 Å². The minimum atomic E-state index is -0.269. The predicted molar refractivity (Wildman–Crippen MR) is 117 cm³/mol. The summed E-state index contributed by atoms with van der Waals surface area (Å²) < 4.78 is 11.9. The van der Waals surface area contributed by atoms with E-state index in [2.05, 4.69) is 29.8 Å². The van der Waals surface area contributed by atoms with Gasteiger partial charge >= 0.3 is 0 Å². The summed E-state index contributed by atoms with van der Waals surface area (Å²) in [5, 5.41) is 0. The highest BCUT2D eigenvalue weighted by atomic mass is 79.9. The number of amides is 1. The second kappa shape index (κ2) is 6.98. The van der Waals surface area contributed by atoms with E-state index in [1.165, 1.54) is 0 Å². The third kappa shape index (κ3) is 3.23. The Balaban J connectivity index is 1.67. The summed E-state index contributed by atoms with van der Waals surface area (Å²) in [6.07, 6.45) is 1.40. The van der Waals surface area contributed by atoms with Crippen LogP contribution in [0.15, 0.2) is 58.2 Å². The van der Waals surface area contributed by atoms with Crippen LogP contribution in [0.4, 0.5) is 5.69 Å². The lowest BCUT2D eigenvalue weighted by Crippen LogP contribution is -2.43. The van der Waals surface area contributed by atoms with Crippen LogP contribution >= 0.6 is 15.9 Å². The first kappa shape index (κ1) is 19.4. The molecule has 0 saturated carbocycles. The van der Waals surface area contributed by atoms with Gasteiger partial charge in [-0.2, -0.15) is 0 Å². The average molecular weight is 468 g/mol. The number of allylic oxidation sites excluding steroid dienone is 2. The second-order valence-corrected chi connectivity index (χ2v) is 9.80. The number of hydrogen-bond acceptors (Lipinski definition) is 4. The van der Waals surface area contributed by atoms with Gasteiger partial charge in [0.25, 0.3) is 0 Å². The van der Waals surface area contributed by atoms with Gasteiger partial charge in [0.15, 0.2) is 17.3 Å². The molecule has 0 radical (unpaired) electrons. The van der Waals surface area contributed by atoms with Crippen LogP contribution in [0.1, 0.15) is 44.6 Å². The van der Waals surface area contributed by atoms with Crippen LogP contribution in [0.25, 0.3) is 0 Å². The molecule has 30 heavy (non-hydrogen) atoms. The average Bonchev–Trinajstić information content (AvgIpc) is 3.14. The van der Waals surface area contributed by atoms with Gasteiger partial charge in [-0.05, 0) is 47.7 Å². The molecule has 0 aromatic heterocycles. The van der Waals surface area contributed by atoms with Crippen LogP contribution in [0.5, 0.6) is 11.5 Å². The molecule has 1 atom stereocenters. The van der Waals surface area contributed by atoms with Gasteiger partial charge in [-0.1, -0.05) is 41.9 Å². The molecule has 0 spiro atoms. The standard InChI is InChI=1S/C24H22BrNO4/c1-24(2)11-18-23(19(27)12-24)17(14-6-7-20-21(8-14)30-13-29-20)10-22(28)26(18)16-5-3-4-15(25)9-16/h3-9,17H,10-13H2,1-2H3. The van der Waals surface area contributed by atoms with Crippen molar-refractivity contribution >= 4 is 33.3 Å². The zero-order valence-corrected chi connectivity index (χ0v) is 18.5. The number of rotatable bonds is 2. The zero-order valence-electron chi connectivity index (χ0n) is 16.9. The summed E-state index contributed by atoms with van der Waals surface area (Å²) in [6.45, 7) is 4.37. The molecule has 2 aromatic rings. The Labute approximate surface area is 183 Å². The smallest absolute Gasteiger partial charge is 0.232 e. The molecule has 5 rings (SSSR count). The number of benzene rings is 2. The molecule has 2 aromatic carbocycles. The summed E-state index contributed by atoms with van der Waals surface area (Å²) in [5.41, 5.74) is 3.09. The van der Waals surface area contributed by atoms with Crippen molar-refractivity contribution in [3.05, 3.63) is 63.8 Å². The second-order valence-electron chi connectivity index (χ2n) is 8.88. The van der Waals surface area contributed by atoms with Crippen molar-refractivity contribution in [3.8, 4) is 11.5 Å². The molecule has 5 nitrogen and oxygen atoms in total. The quantitative estimate of drug-likeness (QED) is 0.597. The van der Waals surface area contributed by atoms with Crippen molar-refractivity contribution in [1.29, 1.82) is 0 Å². The molecule has 0 fully saturated rings. The van der Waals surface area contributed by atoms with Crippen LogP contribution in [-0.4, -0.2) is 18.5 Å². The molecule has 0 bridgehead atoms. The summed E-state index contributed by atoms with van der Waals surface area (Å²) in [5.74, 6) is 1.22. The molecule has 0 N–H and O–H groups in total. The van der Waals surface area contributed by atoms with Crippen molar-refractivity contribution in [2.45, 2.75) is 39.0 Å². The minimum Gasteiger partial charge on any atom is -0.454 e. The fourth-order valence-corrected chi connectivity index (χ4v) is 5.13. The van der Waals surface area contributed by atoms with E-state index in [0.717, 1.165) is 27.0 Å². The lowest BCUT2D eigenvalue weighted by Gasteiger charge is -2.43. The lowest BCUT2D eigenvalue weighted by molar-refractivity contribution is -0.121. The highest BCUT2D eigenvalue weighted by Gasteiger charge is 2.44. The van der Waals surface area contributed by atoms with Crippen molar-refractivity contribution in [2.75, 3.05) is 11.7 Å². The van der Waals surface area contributed by atoms with Crippen LogP contribution in [0, 0.1) is 5.41 Å². The minimum absolute atomic E-state index is 0.0000156. The Kier molecular flexibility index (Phi) is 4.51. The Morgan fingerprint density at radius 3 is 2.63 bits per heavy atom. The first-order valence-corrected chi connectivity index (χ1v) is 10.9. The molecule has 1 unspecified atom stereocenters. The number of anilines is 1. The van der Waals surface area contributed by atoms with Gasteiger partial charge < -0.3 is 9.47 Å². The van der Waals surface area contributed by atoms with Crippen LogP contribution in [0.2, 0.25) is 0 Å². The van der Waals surface area contributed by atoms with Crippen LogP contribution < -0.4 is 14.4 Å². The topological polar surface area (TPSA) is 55.8 Å². The Morgan fingerprint density at radius 1 is 1.03 bits per heavy atom. The van der Waals surface area contributed by atoms with Gasteiger partial charge in [0.1, 0.15) is 0 Å². The molecule has 0 saturated heterocycles. The van der Waals surface area contributed by atoms with Crippen molar-refractivity contribution < 1.29 is 19.1 Å². The van der Waals surface area contributed by atoms with Crippen molar-refractivity contribution in [3.63, 3.8) is 0 Å². The van der Waals surface area contributed by atoms with E-state index in [4.69, 9.17) is 9.47 Å². The first-order chi connectivity index (χ1) is 14.3. The Hall–Kier alpha value is -2.60. The maximum atomic E-state index is 13.4. The van der Waals surface area contributed by atoms with E-state index < -0.39 is 0 Å². The maximum absolute atomic E-state index is 13.4. The SMILES string of the molecule is CC1(C)CC(=O)C2=C(C1)N(c1cccc(Br)c1)C(=O)CC2c1ccc2c(c1)OCO2. The largest absolute Gasteiger partial charge is 0.454 e. The van der Waals surface area contributed by atoms with E-state index in [9.17, 15) is 9.59 Å². The maximum Gasteiger partial charge on any atom is 0.232 e. The summed E-state index contributed by atoms with van der Waals surface area (Å²) >= 11 is 3.50. The number of ketones is 1. The third-order valence-corrected chi connectivity index (χ3v) is 6.50. The molecule has 3 aliphatic rings. The van der Waals surface area contributed by atoms with Gasteiger partial charge in [-0.25, -0.2) is 0 Å². The molecule has 154 valence electrons. The van der Waals surface area contributed by atoms with Crippen LogP contribution in [-0.2, 0) is 9.59 Å². The fourth-order valence-electron chi connectivity index (χ4n) is 4.74. The van der Waals surface area contributed by atoms with E-state index in [0.29, 0.717) is 24.3 Å². The monoisotopic (exact) mass is 467 g/mol. The highest BCUT2D eigenvalue weighted by Crippen LogP contribution is 2.49. The lowest BCUT2D eigenvalue weighted by atomic mass is 9.69. The van der Waals surface area contributed by atoms with Crippen LogP contribution in [0.3, 0.4) is 0 Å². The van der Waals surface area contributed by atoms with E-state index in [1.807, 2.05) is 42.5 Å². The summed E-state index contributed by atoms with van der Waals surface area (Å²) in [7, 11) is 0. The van der Waals surface area contributed by atoms with Gasteiger partial charge in [-0.15, -0.1) is 0 Å². The summed E-state index contributed by atoms with van der Waals surface area (Å²) in [4.78, 5) is 28.5. The highest BCUT2D eigenvalue weighted by molar-refractivity contribution is 9.10. The molecule has 2 aliphatic heterocycles. The van der Waals surface area contributed by atoms with Crippen molar-refractivity contribution in [1.82, 2.24) is 0 Å². The number of carbonyl (C=O) groups excluding carboxylic acids is 2. The zero-order chi connectivity index (χ0) is 21.0.